The lowest BCUT2D eigenvalue weighted by molar-refractivity contribution is -0.132. The lowest BCUT2D eigenvalue weighted by atomic mass is 10.0. The van der Waals surface area contributed by atoms with Gasteiger partial charge < -0.3 is 14.6 Å². The van der Waals surface area contributed by atoms with E-state index in [0.717, 1.165) is 31.5 Å². The number of benzene rings is 1. The molecule has 6 heteroatoms. The Bertz CT molecular complexity index is 678. The Morgan fingerprint density at radius 1 is 1.33 bits per heavy atom. The minimum absolute atomic E-state index is 0.146. The SMILES string of the molecule is CN(C(=O)CCc1ncc(-c2ccc(Cl)cc2)o1)C1CCNCC1. The summed E-state index contributed by atoms with van der Waals surface area (Å²) in [5, 5.41) is 4.00. The number of oxazole rings is 1. The Hall–Kier alpha value is -1.85. The van der Waals surface area contributed by atoms with Crippen LogP contribution in [0, 0.1) is 0 Å². The molecule has 1 N–H and O–H groups in total. The number of hydrogen-bond donors (Lipinski definition) is 1. The summed E-state index contributed by atoms with van der Waals surface area (Å²) in [7, 11) is 1.90. The number of aryl methyl sites for hydroxylation is 1. The van der Waals surface area contributed by atoms with Crippen molar-refractivity contribution in [1.82, 2.24) is 15.2 Å². The zero-order chi connectivity index (χ0) is 16.9. The van der Waals surface area contributed by atoms with Gasteiger partial charge in [0.15, 0.2) is 11.7 Å². The number of amides is 1. The minimum Gasteiger partial charge on any atom is -0.441 e. The molecule has 0 aliphatic carbocycles. The average Bonchev–Trinajstić information content (AvgIpc) is 3.09. The first-order chi connectivity index (χ1) is 11.6. The highest BCUT2D eigenvalue weighted by molar-refractivity contribution is 6.30. The molecule has 0 spiro atoms. The van der Waals surface area contributed by atoms with Crippen LogP contribution in [0.25, 0.3) is 11.3 Å². The normalized spacial score (nSPS) is 15.4. The second-order valence-corrected chi connectivity index (χ2v) is 6.55. The van der Waals surface area contributed by atoms with Crippen LogP contribution in [0.2, 0.25) is 5.02 Å². The van der Waals surface area contributed by atoms with Crippen LogP contribution in [-0.2, 0) is 11.2 Å². The van der Waals surface area contributed by atoms with Crippen molar-refractivity contribution in [3.63, 3.8) is 0 Å². The Balaban J connectivity index is 1.55. The van der Waals surface area contributed by atoms with Gasteiger partial charge in [-0.25, -0.2) is 4.98 Å². The molecular formula is C18H22ClN3O2. The number of rotatable bonds is 5. The van der Waals surface area contributed by atoms with Gasteiger partial charge in [0.1, 0.15) is 0 Å². The van der Waals surface area contributed by atoms with E-state index in [2.05, 4.69) is 10.3 Å². The van der Waals surface area contributed by atoms with Gasteiger partial charge in [0.05, 0.1) is 6.20 Å². The van der Waals surface area contributed by atoms with E-state index >= 15 is 0 Å². The number of carbonyl (C=O) groups excluding carboxylic acids is 1. The predicted octanol–water partition coefficient (Wildman–Crippen LogP) is 3.14. The van der Waals surface area contributed by atoms with Crippen LogP contribution in [0.15, 0.2) is 34.9 Å². The van der Waals surface area contributed by atoms with Gasteiger partial charge in [-0.3, -0.25) is 4.79 Å². The Labute approximate surface area is 147 Å². The molecule has 128 valence electrons. The van der Waals surface area contributed by atoms with Gasteiger partial charge in [0.2, 0.25) is 5.91 Å². The molecule has 1 fully saturated rings. The molecule has 0 bridgehead atoms. The molecule has 1 aromatic heterocycles. The Morgan fingerprint density at radius 2 is 2.04 bits per heavy atom. The molecule has 24 heavy (non-hydrogen) atoms. The summed E-state index contributed by atoms with van der Waals surface area (Å²) < 4.78 is 5.75. The van der Waals surface area contributed by atoms with Gasteiger partial charge in [0, 0.05) is 36.5 Å². The summed E-state index contributed by atoms with van der Waals surface area (Å²) in [6, 6.07) is 7.76. The molecule has 5 nitrogen and oxygen atoms in total. The van der Waals surface area contributed by atoms with Gasteiger partial charge in [-0.2, -0.15) is 0 Å². The largest absolute Gasteiger partial charge is 0.441 e. The van der Waals surface area contributed by atoms with Crippen LogP contribution in [0.3, 0.4) is 0 Å². The molecule has 1 aromatic carbocycles. The third-order valence-corrected chi connectivity index (χ3v) is 4.74. The molecule has 1 aliphatic heterocycles. The number of aromatic nitrogens is 1. The van der Waals surface area contributed by atoms with Gasteiger partial charge in [0.25, 0.3) is 0 Å². The fourth-order valence-electron chi connectivity index (χ4n) is 2.96. The first-order valence-corrected chi connectivity index (χ1v) is 8.68. The highest BCUT2D eigenvalue weighted by Crippen LogP contribution is 2.23. The van der Waals surface area contributed by atoms with E-state index in [0.29, 0.717) is 35.6 Å². The summed E-state index contributed by atoms with van der Waals surface area (Å²) in [5.74, 6) is 1.43. The zero-order valence-electron chi connectivity index (χ0n) is 13.8. The lowest BCUT2D eigenvalue weighted by Gasteiger charge is -2.31. The van der Waals surface area contributed by atoms with Crippen molar-refractivity contribution in [2.75, 3.05) is 20.1 Å². The van der Waals surface area contributed by atoms with E-state index in [-0.39, 0.29) is 5.91 Å². The lowest BCUT2D eigenvalue weighted by Crippen LogP contribution is -2.44. The molecule has 1 aliphatic rings. The third-order valence-electron chi connectivity index (χ3n) is 4.48. The summed E-state index contributed by atoms with van der Waals surface area (Å²) in [5.41, 5.74) is 0.927. The van der Waals surface area contributed by atoms with Crippen molar-refractivity contribution < 1.29 is 9.21 Å². The molecule has 1 saturated heterocycles. The maximum absolute atomic E-state index is 12.4. The van der Waals surface area contributed by atoms with Crippen LogP contribution in [-0.4, -0.2) is 42.0 Å². The van der Waals surface area contributed by atoms with Crippen molar-refractivity contribution in [3.05, 3.63) is 41.4 Å². The molecule has 0 saturated carbocycles. The number of piperidine rings is 1. The van der Waals surface area contributed by atoms with Gasteiger partial charge in [-0.05, 0) is 50.2 Å². The highest BCUT2D eigenvalue weighted by atomic mass is 35.5. The topological polar surface area (TPSA) is 58.4 Å². The van der Waals surface area contributed by atoms with Gasteiger partial charge in [-0.1, -0.05) is 11.6 Å². The molecule has 3 rings (SSSR count). The third kappa shape index (κ3) is 4.16. The Kier molecular flexibility index (Phi) is 5.53. The van der Waals surface area contributed by atoms with Gasteiger partial charge >= 0.3 is 0 Å². The summed E-state index contributed by atoms with van der Waals surface area (Å²) in [6.07, 6.45) is 4.66. The predicted molar refractivity (Wildman–Crippen MR) is 93.9 cm³/mol. The van der Waals surface area contributed by atoms with Crippen molar-refractivity contribution in [2.24, 2.45) is 0 Å². The molecule has 2 heterocycles. The molecule has 1 amide bonds. The number of nitrogens with zero attached hydrogens (tertiary/aromatic N) is 2. The zero-order valence-corrected chi connectivity index (χ0v) is 14.6. The van der Waals surface area contributed by atoms with Crippen molar-refractivity contribution in [2.45, 2.75) is 31.7 Å². The van der Waals surface area contributed by atoms with E-state index in [1.54, 1.807) is 6.20 Å². The van der Waals surface area contributed by atoms with Crippen LogP contribution in [0.5, 0.6) is 0 Å². The second kappa shape index (κ2) is 7.81. The average molecular weight is 348 g/mol. The van der Waals surface area contributed by atoms with Crippen molar-refractivity contribution in [3.8, 4) is 11.3 Å². The van der Waals surface area contributed by atoms with E-state index in [4.69, 9.17) is 16.0 Å². The smallest absolute Gasteiger partial charge is 0.223 e. The van der Waals surface area contributed by atoms with E-state index in [1.807, 2.05) is 36.2 Å². The van der Waals surface area contributed by atoms with Gasteiger partial charge in [-0.15, -0.1) is 0 Å². The van der Waals surface area contributed by atoms with E-state index in [1.165, 1.54) is 0 Å². The fraction of sp³-hybridized carbons (Fsp3) is 0.444. The maximum atomic E-state index is 12.4. The molecule has 0 atom stereocenters. The number of hydrogen-bond acceptors (Lipinski definition) is 4. The highest BCUT2D eigenvalue weighted by Gasteiger charge is 2.22. The van der Waals surface area contributed by atoms with E-state index in [9.17, 15) is 4.79 Å². The quantitative estimate of drug-likeness (QED) is 0.902. The van der Waals surface area contributed by atoms with Crippen LogP contribution >= 0.6 is 11.6 Å². The minimum atomic E-state index is 0.146. The molecule has 2 aromatic rings. The van der Waals surface area contributed by atoms with Crippen LogP contribution in [0.4, 0.5) is 0 Å². The summed E-state index contributed by atoms with van der Waals surface area (Å²) in [6.45, 7) is 1.96. The standard InChI is InChI=1S/C18H22ClN3O2/c1-22(15-8-10-20-11-9-15)18(23)7-6-17-21-12-16(24-17)13-2-4-14(19)5-3-13/h2-5,12,15,20H,6-11H2,1H3. The molecule has 0 radical (unpaired) electrons. The number of halogens is 1. The Morgan fingerprint density at radius 3 is 2.75 bits per heavy atom. The van der Waals surface area contributed by atoms with Crippen LogP contribution < -0.4 is 5.32 Å². The van der Waals surface area contributed by atoms with E-state index < -0.39 is 0 Å². The summed E-state index contributed by atoms with van der Waals surface area (Å²) >= 11 is 5.89. The first kappa shape index (κ1) is 17.0. The monoisotopic (exact) mass is 347 g/mol. The maximum Gasteiger partial charge on any atom is 0.223 e. The molecular weight excluding hydrogens is 326 g/mol. The first-order valence-electron chi connectivity index (χ1n) is 8.30. The summed E-state index contributed by atoms with van der Waals surface area (Å²) in [4.78, 5) is 18.5. The number of carbonyl (C=O) groups is 1. The van der Waals surface area contributed by atoms with Crippen molar-refractivity contribution in [1.29, 1.82) is 0 Å². The number of nitrogens with one attached hydrogen (secondary N) is 1. The van der Waals surface area contributed by atoms with Crippen molar-refractivity contribution >= 4 is 17.5 Å². The second-order valence-electron chi connectivity index (χ2n) is 6.11. The van der Waals surface area contributed by atoms with Crippen LogP contribution in [0.1, 0.15) is 25.2 Å². The fourth-order valence-corrected chi connectivity index (χ4v) is 3.09. The molecule has 0 unspecified atom stereocenters.